The van der Waals surface area contributed by atoms with Crippen LogP contribution < -0.4 is 5.32 Å². The number of carbonyl (C=O) groups is 1. The fraction of sp³-hybridized carbons (Fsp3) is 0.148. The van der Waals surface area contributed by atoms with Gasteiger partial charge in [0.25, 0.3) is 5.91 Å². The standard InChI is InChI=1S/C27H24N4O2/c1-18(31-33-17-19-5-3-2-4-6-19)20-7-9-21(10-8-20)25-15-22(11-13-28-25)26-16-23-24(30-26)12-14-29-27(23)32/h2-11,13,15-16,30H,12,14,17H2,1H3,(H,29,32). The second-order valence-corrected chi connectivity index (χ2v) is 8.02. The normalized spacial score (nSPS) is 13.4. The molecule has 0 saturated carbocycles. The van der Waals surface area contributed by atoms with Crippen molar-refractivity contribution >= 4 is 11.6 Å². The van der Waals surface area contributed by atoms with Crippen LogP contribution in [0.2, 0.25) is 0 Å². The Labute approximate surface area is 192 Å². The molecule has 1 aliphatic rings. The molecule has 6 nitrogen and oxygen atoms in total. The van der Waals surface area contributed by atoms with Crippen LogP contribution in [0.1, 0.15) is 34.1 Å². The number of rotatable bonds is 6. The lowest BCUT2D eigenvalue weighted by atomic mass is 10.0. The molecule has 2 aromatic carbocycles. The summed E-state index contributed by atoms with van der Waals surface area (Å²) in [5.41, 5.74) is 8.40. The highest BCUT2D eigenvalue weighted by Gasteiger charge is 2.20. The SMILES string of the molecule is CC(=NOCc1ccccc1)c1ccc(-c2cc(-c3cc4c([nH]3)CCNC4=O)ccn2)cc1. The van der Waals surface area contributed by atoms with Crippen LogP contribution >= 0.6 is 0 Å². The zero-order chi connectivity index (χ0) is 22.6. The molecule has 2 aromatic heterocycles. The first kappa shape index (κ1) is 20.7. The van der Waals surface area contributed by atoms with Crippen molar-refractivity contribution in [3.63, 3.8) is 0 Å². The minimum atomic E-state index is -0.0200. The number of hydrogen-bond acceptors (Lipinski definition) is 4. The summed E-state index contributed by atoms with van der Waals surface area (Å²) in [6.45, 7) is 3.04. The summed E-state index contributed by atoms with van der Waals surface area (Å²) >= 11 is 0. The number of hydrogen-bond donors (Lipinski definition) is 2. The first-order valence-corrected chi connectivity index (χ1v) is 11.0. The van der Waals surface area contributed by atoms with E-state index in [0.717, 1.165) is 57.0 Å². The van der Waals surface area contributed by atoms with Gasteiger partial charge in [0, 0.05) is 41.7 Å². The van der Waals surface area contributed by atoms with Gasteiger partial charge in [-0.05, 0) is 36.2 Å². The number of aromatic amines is 1. The molecule has 164 valence electrons. The van der Waals surface area contributed by atoms with E-state index in [2.05, 4.69) is 20.4 Å². The monoisotopic (exact) mass is 436 g/mol. The summed E-state index contributed by atoms with van der Waals surface area (Å²) in [4.78, 5) is 25.5. The van der Waals surface area contributed by atoms with E-state index in [-0.39, 0.29) is 5.91 Å². The molecule has 0 fully saturated rings. The number of oxime groups is 1. The second kappa shape index (κ2) is 9.12. The van der Waals surface area contributed by atoms with Crippen LogP contribution in [-0.4, -0.2) is 28.1 Å². The largest absolute Gasteiger partial charge is 0.391 e. The van der Waals surface area contributed by atoms with Crippen molar-refractivity contribution in [3.05, 3.63) is 101 Å². The Balaban J connectivity index is 1.31. The summed E-state index contributed by atoms with van der Waals surface area (Å²) in [6, 6.07) is 24.0. The van der Waals surface area contributed by atoms with Crippen molar-refractivity contribution in [3.8, 4) is 22.5 Å². The molecule has 33 heavy (non-hydrogen) atoms. The maximum absolute atomic E-state index is 12.1. The molecular weight excluding hydrogens is 412 g/mol. The Morgan fingerprint density at radius 2 is 1.85 bits per heavy atom. The first-order valence-electron chi connectivity index (χ1n) is 11.0. The number of fused-ring (bicyclic) bond motifs is 1. The number of H-pyrrole nitrogens is 1. The lowest BCUT2D eigenvalue weighted by Gasteiger charge is -2.11. The number of amides is 1. The molecule has 1 amide bonds. The van der Waals surface area contributed by atoms with Gasteiger partial charge in [0.1, 0.15) is 6.61 Å². The third-order valence-electron chi connectivity index (χ3n) is 5.75. The van der Waals surface area contributed by atoms with E-state index in [1.807, 2.05) is 79.7 Å². The molecule has 0 unspecified atom stereocenters. The second-order valence-electron chi connectivity index (χ2n) is 8.02. The first-order chi connectivity index (χ1) is 16.2. The van der Waals surface area contributed by atoms with E-state index in [9.17, 15) is 4.79 Å². The number of nitrogens with one attached hydrogen (secondary N) is 2. The van der Waals surface area contributed by atoms with E-state index in [0.29, 0.717) is 13.2 Å². The van der Waals surface area contributed by atoms with Gasteiger partial charge in [-0.3, -0.25) is 9.78 Å². The van der Waals surface area contributed by atoms with E-state index in [1.165, 1.54) is 0 Å². The number of benzene rings is 2. The molecular formula is C27H24N4O2. The van der Waals surface area contributed by atoms with Gasteiger partial charge in [0.05, 0.1) is 17.0 Å². The number of aromatic nitrogens is 2. The third kappa shape index (κ3) is 4.55. The van der Waals surface area contributed by atoms with E-state index >= 15 is 0 Å². The highest BCUT2D eigenvalue weighted by Crippen LogP contribution is 2.27. The molecule has 0 atom stereocenters. The van der Waals surface area contributed by atoms with Crippen molar-refractivity contribution in [2.24, 2.45) is 5.16 Å². The molecule has 2 N–H and O–H groups in total. The summed E-state index contributed by atoms with van der Waals surface area (Å²) in [5, 5.41) is 7.13. The fourth-order valence-electron chi connectivity index (χ4n) is 3.92. The van der Waals surface area contributed by atoms with Gasteiger partial charge in [0.2, 0.25) is 0 Å². The summed E-state index contributed by atoms with van der Waals surface area (Å²) in [7, 11) is 0. The van der Waals surface area contributed by atoms with Gasteiger partial charge in [-0.25, -0.2) is 0 Å². The van der Waals surface area contributed by atoms with Crippen LogP contribution in [0.25, 0.3) is 22.5 Å². The van der Waals surface area contributed by atoms with Crippen LogP contribution in [-0.2, 0) is 17.9 Å². The van der Waals surface area contributed by atoms with Crippen LogP contribution in [0.5, 0.6) is 0 Å². The smallest absolute Gasteiger partial charge is 0.253 e. The highest BCUT2D eigenvalue weighted by atomic mass is 16.6. The van der Waals surface area contributed by atoms with Gasteiger partial charge in [-0.1, -0.05) is 59.8 Å². The topological polar surface area (TPSA) is 79.4 Å². The number of nitrogens with zero attached hydrogens (tertiary/aromatic N) is 2. The van der Waals surface area contributed by atoms with Gasteiger partial charge >= 0.3 is 0 Å². The third-order valence-corrected chi connectivity index (χ3v) is 5.75. The van der Waals surface area contributed by atoms with Crippen molar-refractivity contribution in [2.75, 3.05) is 6.54 Å². The van der Waals surface area contributed by atoms with Crippen molar-refractivity contribution < 1.29 is 9.63 Å². The van der Waals surface area contributed by atoms with Crippen LogP contribution in [0.3, 0.4) is 0 Å². The zero-order valence-corrected chi connectivity index (χ0v) is 18.3. The summed E-state index contributed by atoms with van der Waals surface area (Å²) < 4.78 is 0. The predicted molar refractivity (Wildman–Crippen MR) is 129 cm³/mol. The molecule has 0 aliphatic carbocycles. The molecule has 0 spiro atoms. The maximum Gasteiger partial charge on any atom is 0.253 e. The molecule has 5 rings (SSSR count). The van der Waals surface area contributed by atoms with Crippen LogP contribution in [0.15, 0.2) is 84.1 Å². The van der Waals surface area contributed by atoms with Crippen LogP contribution in [0, 0.1) is 0 Å². The van der Waals surface area contributed by atoms with Gasteiger partial charge in [0.15, 0.2) is 0 Å². The van der Waals surface area contributed by atoms with Gasteiger partial charge in [-0.2, -0.15) is 0 Å². The minimum absolute atomic E-state index is 0.0200. The molecule has 0 bridgehead atoms. The maximum atomic E-state index is 12.1. The van der Waals surface area contributed by atoms with E-state index in [4.69, 9.17) is 4.84 Å². The minimum Gasteiger partial charge on any atom is -0.391 e. The van der Waals surface area contributed by atoms with E-state index in [1.54, 1.807) is 6.20 Å². The number of pyridine rings is 1. The number of carbonyl (C=O) groups excluding carboxylic acids is 1. The van der Waals surface area contributed by atoms with Crippen molar-refractivity contribution in [2.45, 2.75) is 20.0 Å². The Kier molecular flexibility index (Phi) is 5.72. The van der Waals surface area contributed by atoms with Crippen molar-refractivity contribution in [1.82, 2.24) is 15.3 Å². The highest BCUT2D eigenvalue weighted by molar-refractivity contribution is 5.99. The van der Waals surface area contributed by atoms with Crippen molar-refractivity contribution in [1.29, 1.82) is 0 Å². The average molecular weight is 437 g/mol. The Bertz CT molecular complexity index is 1310. The molecule has 6 heteroatoms. The molecule has 4 aromatic rings. The molecule has 0 radical (unpaired) electrons. The van der Waals surface area contributed by atoms with Crippen LogP contribution in [0.4, 0.5) is 0 Å². The molecule has 3 heterocycles. The Morgan fingerprint density at radius 3 is 2.64 bits per heavy atom. The summed E-state index contributed by atoms with van der Waals surface area (Å²) in [5.74, 6) is -0.0200. The zero-order valence-electron chi connectivity index (χ0n) is 18.3. The Morgan fingerprint density at radius 1 is 1.03 bits per heavy atom. The average Bonchev–Trinajstić information content (AvgIpc) is 3.31. The molecule has 0 saturated heterocycles. The summed E-state index contributed by atoms with van der Waals surface area (Å²) in [6.07, 6.45) is 2.61. The quantitative estimate of drug-likeness (QED) is 0.331. The predicted octanol–water partition coefficient (Wildman–Crippen LogP) is 4.97. The lowest BCUT2D eigenvalue weighted by molar-refractivity contribution is 0.0946. The van der Waals surface area contributed by atoms with Gasteiger partial charge < -0.3 is 15.1 Å². The van der Waals surface area contributed by atoms with Gasteiger partial charge in [-0.15, -0.1) is 0 Å². The lowest BCUT2D eigenvalue weighted by Crippen LogP contribution is -2.31. The van der Waals surface area contributed by atoms with E-state index < -0.39 is 0 Å². The Hall–Kier alpha value is -4.19. The fourth-order valence-corrected chi connectivity index (χ4v) is 3.92. The molecule has 1 aliphatic heterocycles.